The first-order valence-electron chi connectivity index (χ1n) is 4.19. The van der Waals surface area contributed by atoms with Gasteiger partial charge in [0.15, 0.2) is 4.34 Å². The summed E-state index contributed by atoms with van der Waals surface area (Å²) in [5.41, 5.74) is 7.82. The quantitative estimate of drug-likeness (QED) is 0.699. The van der Waals surface area contributed by atoms with Crippen LogP contribution >= 0.6 is 39.2 Å². The van der Waals surface area contributed by atoms with E-state index in [4.69, 9.17) is 5.73 Å². The van der Waals surface area contributed by atoms with Gasteiger partial charge in [-0.1, -0.05) is 33.8 Å². The van der Waals surface area contributed by atoms with Crippen molar-refractivity contribution in [1.29, 1.82) is 0 Å². The lowest BCUT2D eigenvalue weighted by atomic mass is 10.2. The van der Waals surface area contributed by atoms with E-state index in [1.807, 2.05) is 18.2 Å². The molecule has 0 bridgehead atoms. The molecule has 0 atom stereocenters. The molecule has 2 N–H and O–H groups in total. The first-order valence-corrected chi connectivity index (χ1v) is 6.74. The molecule has 15 heavy (non-hydrogen) atoms. The molecule has 0 aliphatic carbocycles. The first kappa shape index (κ1) is 10.9. The van der Waals surface area contributed by atoms with E-state index in [1.54, 1.807) is 18.1 Å². The third kappa shape index (κ3) is 2.93. The highest BCUT2D eigenvalue weighted by Crippen LogP contribution is 2.27. The molecule has 0 saturated heterocycles. The van der Waals surface area contributed by atoms with Crippen LogP contribution in [0.15, 0.2) is 33.3 Å². The fourth-order valence-corrected chi connectivity index (χ4v) is 2.90. The summed E-state index contributed by atoms with van der Waals surface area (Å²) in [4.78, 5) is 4.10. The molecule has 0 saturated carbocycles. The van der Waals surface area contributed by atoms with Gasteiger partial charge in [-0.05, 0) is 29.2 Å². The van der Waals surface area contributed by atoms with Crippen molar-refractivity contribution in [3.05, 3.63) is 34.6 Å². The highest BCUT2D eigenvalue weighted by molar-refractivity contribution is 9.10. The second kappa shape index (κ2) is 4.96. The molecule has 0 aliphatic rings. The topological polar surface area (TPSA) is 51.8 Å². The Balaban J connectivity index is 2.05. The van der Waals surface area contributed by atoms with Crippen LogP contribution in [0.3, 0.4) is 0 Å². The number of nitrogens with two attached hydrogens (primary N) is 1. The summed E-state index contributed by atoms with van der Waals surface area (Å²) in [5, 5.41) is 0. The largest absolute Gasteiger partial charge is 0.398 e. The van der Waals surface area contributed by atoms with Crippen LogP contribution in [-0.2, 0) is 5.75 Å². The average Bonchev–Trinajstić information content (AvgIpc) is 2.69. The molecule has 0 radical (unpaired) electrons. The van der Waals surface area contributed by atoms with Crippen molar-refractivity contribution in [3.63, 3.8) is 0 Å². The summed E-state index contributed by atoms with van der Waals surface area (Å²) in [5.74, 6) is 0.828. The lowest BCUT2D eigenvalue weighted by molar-refractivity contribution is 1.21. The lowest BCUT2D eigenvalue weighted by Crippen LogP contribution is -1.92. The maximum absolute atomic E-state index is 5.88. The zero-order valence-corrected chi connectivity index (χ0v) is 10.9. The minimum atomic E-state index is 0.807. The third-order valence-corrected chi connectivity index (χ3v) is 4.14. The van der Waals surface area contributed by atoms with Crippen LogP contribution < -0.4 is 5.73 Å². The second-order valence-electron chi connectivity index (χ2n) is 2.84. The Bertz CT molecular complexity index is 445. The maximum Gasteiger partial charge on any atom is 0.170 e. The number of benzene rings is 1. The Morgan fingerprint density at radius 3 is 3.00 bits per heavy atom. The SMILES string of the molecule is Nc1cc(Br)ccc1CSc1ncns1. The Labute approximate surface area is 104 Å². The smallest absolute Gasteiger partial charge is 0.170 e. The molecule has 1 aromatic heterocycles. The van der Waals surface area contributed by atoms with Gasteiger partial charge in [0.25, 0.3) is 0 Å². The van der Waals surface area contributed by atoms with Gasteiger partial charge >= 0.3 is 0 Å². The van der Waals surface area contributed by atoms with Gasteiger partial charge in [-0.15, -0.1) is 0 Å². The van der Waals surface area contributed by atoms with Crippen LogP contribution in [0, 0.1) is 0 Å². The molecule has 0 spiro atoms. The van der Waals surface area contributed by atoms with Gasteiger partial charge in [0.1, 0.15) is 6.33 Å². The van der Waals surface area contributed by atoms with Crippen molar-refractivity contribution >= 4 is 44.9 Å². The number of thioether (sulfide) groups is 1. The summed E-state index contributed by atoms with van der Waals surface area (Å²) >= 11 is 6.43. The van der Waals surface area contributed by atoms with Gasteiger partial charge in [-0.3, -0.25) is 0 Å². The van der Waals surface area contributed by atoms with Crippen molar-refractivity contribution in [2.24, 2.45) is 0 Å². The van der Waals surface area contributed by atoms with Crippen molar-refractivity contribution in [1.82, 2.24) is 9.36 Å². The predicted molar refractivity (Wildman–Crippen MR) is 68.0 cm³/mol. The molecule has 0 unspecified atom stereocenters. The third-order valence-electron chi connectivity index (χ3n) is 1.80. The molecule has 3 nitrogen and oxygen atoms in total. The van der Waals surface area contributed by atoms with Crippen LogP contribution in [0.5, 0.6) is 0 Å². The number of anilines is 1. The highest BCUT2D eigenvalue weighted by atomic mass is 79.9. The van der Waals surface area contributed by atoms with Gasteiger partial charge in [0.05, 0.1) is 0 Å². The highest BCUT2D eigenvalue weighted by Gasteiger charge is 2.03. The molecule has 0 fully saturated rings. The van der Waals surface area contributed by atoms with Gasteiger partial charge in [0.2, 0.25) is 0 Å². The lowest BCUT2D eigenvalue weighted by Gasteiger charge is -2.03. The van der Waals surface area contributed by atoms with Crippen LogP contribution in [0.1, 0.15) is 5.56 Å². The summed E-state index contributed by atoms with van der Waals surface area (Å²) in [6.45, 7) is 0. The van der Waals surface area contributed by atoms with E-state index in [1.165, 1.54) is 11.5 Å². The van der Waals surface area contributed by atoms with E-state index in [0.717, 1.165) is 25.8 Å². The molecule has 0 amide bonds. The standard InChI is InChI=1S/C9H8BrN3S2/c10-7-2-1-6(8(11)3-7)4-14-9-12-5-13-15-9/h1-3,5H,4,11H2. The van der Waals surface area contributed by atoms with Gasteiger partial charge in [0, 0.05) is 15.9 Å². The number of aromatic nitrogens is 2. The van der Waals surface area contributed by atoms with Crippen LogP contribution in [0.25, 0.3) is 0 Å². The number of halogens is 1. The minimum absolute atomic E-state index is 0.807. The first-order chi connectivity index (χ1) is 7.25. The van der Waals surface area contributed by atoms with Gasteiger partial charge in [-0.25, -0.2) is 4.98 Å². The van der Waals surface area contributed by atoms with Crippen molar-refractivity contribution in [3.8, 4) is 0 Å². The number of rotatable bonds is 3. The van der Waals surface area contributed by atoms with Gasteiger partial charge < -0.3 is 5.73 Å². The molecular formula is C9H8BrN3S2. The predicted octanol–water partition coefficient (Wildman–Crippen LogP) is 3.18. The fraction of sp³-hybridized carbons (Fsp3) is 0.111. The fourth-order valence-electron chi connectivity index (χ4n) is 1.06. The van der Waals surface area contributed by atoms with E-state index in [0.29, 0.717) is 0 Å². The van der Waals surface area contributed by atoms with E-state index in [2.05, 4.69) is 25.3 Å². The van der Waals surface area contributed by atoms with E-state index < -0.39 is 0 Å². The summed E-state index contributed by atoms with van der Waals surface area (Å²) < 4.78 is 5.92. The van der Waals surface area contributed by atoms with E-state index >= 15 is 0 Å². The molecule has 1 aromatic carbocycles. The van der Waals surface area contributed by atoms with E-state index in [9.17, 15) is 0 Å². The number of nitrogens with zero attached hydrogens (tertiary/aromatic N) is 2. The molecule has 78 valence electrons. The molecule has 2 aromatic rings. The van der Waals surface area contributed by atoms with Crippen LogP contribution in [-0.4, -0.2) is 9.36 Å². The van der Waals surface area contributed by atoms with Crippen LogP contribution in [0.2, 0.25) is 0 Å². The average molecular weight is 302 g/mol. The number of hydrogen-bond donors (Lipinski definition) is 1. The van der Waals surface area contributed by atoms with E-state index in [-0.39, 0.29) is 0 Å². The number of nitrogen functional groups attached to an aromatic ring is 1. The molecule has 2 rings (SSSR count). The van der Waals surface area contributed by atoms with Crippen LogP contribution in [0.4, 0.5) is 5.69 Å². The molecular weight excluding hydrogens is 294 g/mol. The number of hydrogen-bond acceptors (Lipinski definition) is 5. The normalized spacial score (nSPS) is 10.5. The minimum Gasteiger partial charge on any atom is -0.398 e. The molecule has 6 heteroatoms. The summed E-state index contributed by atoms with van der Waals surface area (Å²) in [6, 6.07) is 5.93. The van der Waals surface area contributed by atoms with Crippen molar-refractivity contribution < 1.29 is 0 Å². The zero-order chi connectivity index (χ0) is 10.7. The maximum atomic E-state index is 5.88. The Kier molecular flexibility index (Phi) is 3.61. The zero-order valence-electron chi connectivity index (χ0n) is 7.68. The Morgan fingerprint density at radius 1 is 1.47 bits per heavy atom. The molecule has 0 aliphatic heterocycles. The summed E-state index contributed by atoms with van der Waals surface area (Å²) in [6.07, 6.45) is 1.57. The summed E-state index contributed by atoms with van der Waals surface area (Å²) in [7, 11) is 0. The van der Waals surface area contributed by atoms with Gasteiger partial charge in [-0.2, -0.15) is 4.37 Å². The molecule has 1 heterocycles. The van der Waals surface area contributed by atoms with Crippen molar-refractivity contribution in [2.75, 3.05) is 5.73 Å². The second-order valence-corrected chi connectivity index (χ2v) is 5.76. The Hall–Kier alpha value is -0.590. The van der Waals surface area contributed by atoms with Crippen molar-refractivity contribution in [2.45, 2.75) is 10.1 Å². The monoisotopic (exact) mass is 301 g/mol. The Morgan fingerprint density at radius 2 is 2.33 bits per heavy atom.